The molecule has 4 rings (SSSR count). The van der Waals surface area contributed by atoms with Crippen molar-refractivity contribution in [3.8, 4) is 22.5 Å². The van der Waals surface area contributed by atoms with Crippen molar-refractivity contribution in [1.82, 2.24) is 9.97 Å². The van der Waals surface area contributed by atoms with Crippen molar-refractivity contribution in [2.24, 2.45) is 0 Å². The maximum absolute atomic E-state index is 13.7. The molecule has 2 aromatic heterocycles. The Morgan fingerprint density at radius 1 is 0.750 bits per heavy atom. The fraction of sp³-hybridized carbons (Fsp3) is 0.0476. The molecule has 0 aliphatic heterocycles. The Labute approximate surface area is 157 Å². The van der Waals surface area contributed by atoms with E-state index >= 15 is 0 Å². The lowest BCUT2D eigenvalue weighted by Gasteiger charge is -2.15. The van der Waals surface area contributed by atoms with Crippen LogP contribution in [0.1, 0.15) is 5.56 Å². The molecule has 0 bridgehead atoms. The average Bonchev–Trinajstić information content (AvgIpc) is 2.67. The second kappa shape index (κ2) is 6.60. The molecule has 0 radical (unpaired) electrons. The minimum atomic E-state index is -4.64. The molecular weight excluding hydrogens is 370 g/mol. The number of hydrogen-bond acceptors (Lipinski definition) is 3. The summed E-state index contributed by atoms with van der Waals surface area (Å²) in [4.78, 5) is 8.55. The minimum absolute atomic E-state index is 0.122. The number of alkyl halides is 3. The maximum atomic E-state index is 13.7. The zero-order valence-electron chi connectivity index (χ0n) is 14.3. The number of nitrogen functional groups attached to an aromatic ring is 1. The number of nitrogens with two attached hydrogens (primary N) is 1. The fourth-order valence-corrected chi connectivity index (χ4v) is 3.04. The number of benzene rings is 2. The number of halogens is 4. The Hall–Kier alpha value is -3.48. The zero-order valence-corrected chi connectivity index (χ0v) is 14.3. The van der Waals surface area contributed by atoms with Gasteiger partial charge < -0.3 is 5.73 Å². The minimum Gasteiger partial charge on any atom is -0.398 e. The van der Waals surface area contributed by atoms with Crippen molar-refractivity contribution in [2.75, 3.05) is 5.73 Å². The van der Waals surface area contributed by atoms with Crippen molar-refractivity contribution < 1.29 is 17.6 Å². The molecule has 140 valence electrons. The average molecular weight is 383 g/mol. The first-order chi connectivity index (χ1) is 13.3. The lowest BCUT2D eigenvalue weighted by Crippen LogP contribution is -2.09. The summed E-state index contributed by atoms with van der Waals surface area (Å²) >= 11 is 0. The molecule has 0 aliphatic carbocycles. The van der Waals surface area contributed by atoms with Crippen LogP contribution in [0.3, 0.4) is 0 Å². The Morgan fingerprint density at radius 2 is 1.39 bits per heavy atom. The number of aromatic nitrogens is 2. The number of rotatable bonds is 2. The smallest absolute Gasteiger partial charge is 0.398 e. The molecule has 2 N–H and O–H groups in total. The third-order valence-corrected chi connectivity index (χ3v) is 4.30. The first-order valence-electron chi connectivity index (χ1n) is 8.33. The Kier molecular flexibility index (Phi) is 4.22. The van der Waals surface area contributed by atoms with Gasteiger partial charge in [0.05, 0.1) is 22.3 Å². The van der Waals surface area contributed by atoms with E-state index in [0.717, 1.165) is 6.07 Å². The highest BCUT2D eigenvalue weighted by atomic mass is 19.4. The summed E-state index contributed by atoms with van der Waals surface area (Å²) < 4.78 is 54.7. The van der Waals surface area contributed by atoms with Crippen molar-refractivity contribution >= 4 is 16.7 Å². The number of pyridine rings is 2. The highest BCUT2D eigenvalue weighted by Gasteiger charge is 2.35. The molecule has 0 atom stereocenters. The standard InChI is InChI=1S/C21H13F4N3/c22-14-8-4-7-13(9-14)18-11-16(26)19-15(21(23,24)25)10-17(27-20(19)28-18)12-5-2-1-3-6-12/h1-11H,(H2,26,27,28). The lowest BCUT2D eigenvalue weighted by atomic mass is 10.0. The summed E-state index contributed by atoms with van der Waals surface area (Å²) in [6, 6.07) is 16.4. The van der Waals surface area contributed by atoms with Crippen LogP contribution in [-0.4, -0.2) is 9.97 Å². The van der Waals surface area contributed by atoms with Crippen molar-refractivity contribution in [3.05, 3.63) is 78.1 Å². The first-order valence-corrected chi connectivity index (χ1v) is 8.33. The molecule has 0 aliphatic rings. The van der Waals surface area contributed by atoms with Crippen LogP contribution in [0.15, 0.2) is 66.7 Å². The first kappa shape index (κ1) is 17.9. The molecule has 0 spiro atoms. The Morgan fingerprint density at radius 3 is 2.04 bits per heavy atom. The third kappa shape index (κ3) is 3.26. The third-order valence-electron chi connectivity index (χ3n) is 4.30. The molecule has 2 heterocycles. The topological polar surface area (TPSA) is 51.8 Å². The molecule has 28 heavy (non-hydrogen) atoms. The van der Waals surface area contributed by atoms with Crippen LogP contribution in [0.2, 0.25) is 0 Å². The van der Waals surface area contributed by atoms with Gasteiger partial charge in [-0.1, -0.05) is 42.5 Å². The van der Waals surface area contributed by atoms with Crippen molar-refractivity contribution in [1.29, 1.82) is 0 Å². The summed E-state index contributed by atoms with van der Waals surface area (Å²) in [5.74, 6) is -0.486. The molecule has 2 aromatic carbocycles. The maximum Gasteiger partial charge on any atom is 0.417 e. The molecule has 0 amide bonds. The number of anilines is 1. The summed E-state index contributed by atoms with van der Waals surface area (Å²) in [6.45, 7) is 0. The van der Waals surface area contributed by atoms with Crippen LogP contribution >= 0.6 is 0 Å². The van der Waals surface area contributed by atoms with E-state index in [-0.39, 0.29) is 28.1 Å². The highest BCUT2D eigenvalue weighted by Crippen LogP contribution is 2.39. The van der Waals surface area contributed by atoms with Crippen LogP contribution in [0.25, 0.3) is 33.5 Å². The van der Waals surface area contributed by atoms with Gasteiger partial charge in [-0.3, -0.25) is 0 Å². The number of nitrogens with zero attached hydrogens (tertiary/aromatic N) is 2. The van der Waals surface area contributed by atoms with Gasteiger partial charge in [-0.05, 0) is 24.3 Å². The Balaban J connectivity index is 2.03. The van der Waals surface area contributed by atoms with Crippen LogP contribution in [-0.2, 0) is 6.18 Å². The van der Waals surface area contributed by atoms with Gasteiger partial charge >= 0.3 is 6.18 Å². The SMILES string of the molecule is Nc1cc(-c2cccc(F)c2)nc2nc(-c3ccccc3)cc(C(F)(F)F)c12. The van der Waals surface area contributed by atoms with Gasteiger partial charge in [0.15, 0.2) is 5.65 Å². The van der Waals surface area contributed by atoms with Gasteiger partial charge in [-0.25, -0.2) is 14.4 Å². The van der Waals surface area contributed by atoms with Gasteiger partial charge in [-0.2, -0.15) is 13.2 Å². The predicted octanol–water partition coefficient (Wildman–Crippen LogP) is 5.70. The van der Waals surface area contributed by atoms with E-state index in [1.165, 1.54) is 24.3 Å². The quantitative estimate of drug-likeness (QED) is 0.452. The van der Waals surface area contributed by atoms with Crippen LogP contribution in [0.4, 0.5) is 23.2 Å². The van der Waals surface area contributed by atoms with Crippen LogP contribution in [0.5, 0.6) is 0 Å². The van der Waals surface area contributed by atoms with Gasteiger partial charge in [0.2, 0.25) is 0 Å². The number of hydrogen-bond donors (Lipinski definition) is 1. The molecule has 0 fully saturated rings. The van der Waals surface area contributed by atoms with Gasteiger partial charge in [-0.15, -0.1) is 0 Å². The normalized spacial score (nSPS) is 11.7. The van der Waals surface area contributed by atoms with Crippen LogP contribution < -0.4 is 5.73 Å². The largest absolute Gasteiger partial charge is 0.417 e. The summed E-state index contributed by atoms with van der Waals surface area (Å²) in [7, 11) is 0. The summed E-state index contributed by atoms with van der Waals surface area (Å²) in [5.41, 5.74) is 6.06. The van der Waals surface area contributed by atoms with E-state index in [0.29, 0.717) is 11.1 Å². The second-order valence-electron chi connectivity index (χ2n) is 6.22. The molecule has 0 saturated heterocycles. The van der Waals surface area contributed by atoms with E-state index in [9.17, 15) is 17.6 Å². The van der Waals surface area contributed by atoms with Gasteiger partial charge in [0.1, 0.15) is 5.82 Å². The highest BCUT2D eigenvalue weighted by molar-refractivity contribution is 5.95. The van der Waals surface area contributed by atoms with E-state index < -0.39 is 17.6 Å². The predicted molar refractivity (Wildman–Crippen MR) is 99.8 cm³/mol. The van der Waals surface area contributed by atoms with E-state index in [4.69, 9.17) is 5.73 Å². The van der Waals surface area contributed by atoms with E-state index in [1.807, 2.05) is 0 Å². The monoisotopic (exact) mass is 383 g/mol. The van der Waals surface area contributed by atoms with Crippen molar-refractivity contribution in [2.45, 2.75) is 6.18 Å². The summed E-state index contributed by atoms with van der Waals surface area (Å²) in [6.07, 6.45) is -4.64. The summed E-state index contributed by atoms with van der Waals surface area (Å²) in [5, 5.41) is -0.271. The Bertz CT molecular complexity index is 1170. The molecule has 0 saturated carbocycles. The number of fused-ring (bicyclic) bond motifs is 1. The van der Waals surface area contributed by atoms with E-state index in [1.54, 1.807) is 36.4 Å². The van der Waals surface area contributed by atoms with Crippen LogP contribution in [0, 0.1) is 5.82 Å². The molecular formula is C21H13F4N3. The molecule has 4 aromatic rings. The van der Waals surface area contributed by atoms with Gasteiger partial charge in [0.25, 0.3) is 0 Å². The van der Waals surface area contributed by atoms with Crippen molar-refractivity contribution in [3.63, 3.8) is 0 Å². The molecule has 7 heteroatoms. The van der Waals surface area contributed by atoms with E-state index in [2.05, 4.69) is 9.97 Å². The zero-order chi connectivity index (χ0) is 19.9. The lowest BCUT2D eigenvalue weighted by molar-refractivity contribution is -0.136. The molecule has 3 nitrogen and oxygen atoms in total. The second-order valence-corrected chi connectivity index (χ2v) is 6.22. The fourth-order valence-electron chi connectivity index (χ4n) is 3.04. The molecule has 0 unspecified atom stereocenters. The van der Waals surface area contributed by atoms with Gasteiger partial charge in [0, 0.05) is 16.8 Å².